The first-order valence-electron chi connectivity index (χ1n) is 13.4. The third-order valence-electron chi connectivity index (χ3n) is 6.83. The maximum Gasteiger partial charge on any atom is 0.378 e. The van der Waals surface area contributed by atoms with Gasteiger partial charge in [0.25, 0.3) is 0 Å². The van der Waals surface area contributed by atoms with Gasteiger partial charge in [0, 0.05) is 12.8 Å². The Labute approximate surface area is 195 Å². The predicted octanol–water partition coefficient (Wildman–Crippen LogP) is 9.57. The molecule has 0 aliphatic carbocycles. The molecule has 0 aromatic heterocycles. The summed E-state index contributed by atoms with van der Waals surface area (Å²) in [5.41, 5.74) is 0. The van der Waals surface area contributed by atoms with Gasteiger partial charge in [-0.15, -0.1) is 0 Å². The van der Waals surface area contributed by atoms with Crippen LogP contribution in [-0.4, -0.2) is 30.9 Å². The smallest absolute Gasteiger partial charge is 0.314 e. The van der Waals surface area contributed by atoms with Crippen LogP contribution in [0.2, 0.25) is 0 Å². The Hall–Kier alpha value is -0.400. The van der Waals surface area contributed by atoms with E-state index in [2.05, 4.69) is 26.0 Å². The lowest BCUT2D eigenvalue weighted by Crippen LogP contribution is -2.53. The first-order chi connectivity index (χ1) is 14.8. The standard InChI is InChI=1S/C27H55NO2P/c1-6-8-9-10-11-12-13-14-15-16-17-18-19-20-21-22-23-24-26-27(25-7-2,31(29)30)28(3,4)5/h14-15H,6-13,16-26H2,1-5H3/q+1. The first kappa shape index (κ1) is 30.6. The highest BCUT2D eigenvalue weighted by molar-refractivity contribution is 7.32. The number of rotatable bonds is 22. The molecule has 0 aromatic rings. The van der Waals surface area contributed by atoms with E-state index in [1.165, 1.54) is 89.9 Å². The molecule has 3 nitrogen and oxygen atoms in total. The molecule has 0 spiro atoms. The van der Waals surface area contributed by atoms with Crippen molar-refractivity contribution in [2.24, 2.45) is 0 Å². The lowest BCUT2D eigenvalue weighted by Gasteiger charge is -2.41. The van der Waals surface area contributed by atoms with Crippen LogP contribution in [0.3, 0.4) is 0 Å². The van der Waals surface area contributed by atoms with Gasteiger partial charge in [0.05, 0.1) is 21.1 Å². The van der Waals surface area contributed by atoms with Crippen LogP contribution < -0.4 is 0 Å². The second kappa shape index (κ2) is 19.1. The normalized spacial score (nSPS) is 14.2. The second-order valence-electron chi connectivity index (χ2n) is 10.4. The molecular weight excluding hydrogens is 401 g/mol. The van der Waals surface area contributed by atoms with E-state index in [1.807, 2.05) is 21.1 Å². The van der Waals surface area contributed by atoms with Crippen LogP contribution in [0.1, 0.15) is 136 Å². The van der Waals surface area contributed by atoms with Crippen LogP contribution in [0.5, 0.6) is 0 Å². The third-order valence-corrected chi connectivity index (χ3v) is 8.55. The molecule has 0 radical (unpaired) electrons. The van der Waals surface area contributed by atoms with E-state index < -0.39 is 13.0 Å². The van der Waals surface area contributed by atoms with E-state index in [0.29, 0.717) is 4.48 Å². The summed E-state index contributed by atoms with van der Waals surface area (Å²) in [4.78, 5) is 0. The van der Waals surface area contributed by atoms with Gasteiger partial charge >= 0.3 is 7.68 Å². The van der Waals surface area contributed by atoms with Crippen molar-refractivity contribution in [2.45, 2.75) is 141 Å². The molecule has 0 aliphatic rings. The largest absolute Gasteiger partial charge is 0.378 e. The number of quaternary nitrogens is 1. The van der Waals surface area contributed by atoms with Crippen molar-refractivity contribution >= 4 is 7.68 Å². The summed E-state index contributed by atoms with van der Waals surface area (Å²) in [6, 6.07) is 0. The van der Waals surface area contributed by atoms with E-state index >= 15 is 0 Å². The lowest BCUT2D eigenvalue weighted by molar-refractivity contribution is -0.908. The SMILES string of the molecule is CCCCCCCCC=CCCCCCCCCCCC(CCC)(P(=O)=O)[N+](C)(C)C. The van der Waals surface area contributed by atoms with Crippen LogP contribution in [0.15, 0.2) is 12.2 Å². The van der Waals surface area contributed by atoms with E-state index in [1.54, 1.807) is 0 Å². The number of allylic oxidation sites excluding steroid dienone is 2. The molecule has 0 bridgehead atoms. The van der Waals surface area contributed by atoms with Crippen molar-refractivity contribution < 1.29 is 13.6 Å². The van der Waals surface area contributed by atoms with E-state index in [9.17, 15) is 9.13 Å². The minimum atomic E-state index is -2.42. The molecule has 0 heterocycles. The molecule has 0 amide bonds. The minimum Gasteiger partial charge on any atom is -0.314 e. The van der Waals surface area contributed by atoms with Gasteiger partial charge in [-0.2, -0.15) is 0 Å². The maximum atomic E-state index is 12.1. The van der Waals surface area contributed by atoms with E-state index in [0.717, 1.165) is 32.1 Å². The fourth-order valence-corrected chi connectivity index (χ4v) is 5.87. The number of hydrogen-bond donors (Lipinski definition) is 0. The molecule has 0 saturated carbocycles. The summed E-state index contributed by atoms with van der Waals surface area (Å²) in [5.74, 6) is 0. The van der Waals surface area contributed by atoms with Gasteiger partial charge in [-0.3, -0.25) is 0 Å². The average Bonchev–Trinajstić information content (AvgIpc) is 2.71. The Balaban J connectivity index is 3.68. The van der Waals surface area contributed by atoms with E-state index in [-0.39, 0.29) is 0 Å². The minimum absolute atomic E-state index is 0.521. The Kier molecular flexibility index (Phi) is 18.9. The highest BCUT2D eigenvalue weighted by Gasteiger charge is 2.47. The molecule has 184 valence electrons. The fraction of sp³-hybridized carbons (Fsp3) is 0.926. The Morgan fingerprint density at radius 3 is 1.39 bits per heavy atom. The Morgan fingerprint density at radius 1 is 0.581 bits per heavy atom. The van der Waals surface area contributed by atoms with Gasteiger partial charge in [0.15, 0.2) is 0 Å². The highest BCUT2D eigenvalue weighted by Crippen LogP contribution is 2.44. The van der Waals surface area contributed by atoms with Gasteiger partial charge in [-0.25, -0.2) is 9.13 Å². The predicted molar refractivity (Wildman–Crippen MR) is 137 cm³/mol. The van der Waals surface area contributed by atoms with Crippen molar-refractivity contribution in [3.8, 4) is 0 Å². The number of nitrogens with zero attached hydrogens (tertiary/aromatic N) is 1. The summed E-state index contributed by atoms with van der Waals surface area (Å²) in [7, 11) is 3.68. The van der Waals surface area contributed by atoms with Crippen LogP contribution in [0.4, 0.5) is 0 Å². The number of hydrogen-bond acceptors (Lipinski definition) is 2. The molecule has 0 fully saturated rings. The molecule has 0 aromatic carbocycles. The van der Waals surface area contributed by atoms with Crippen molar-refractivity contribution in [3.63, 3.8) is 0 Å². The lowest BCUT2D eigenvalue weighted by atomic mass is 9.99. The monoisotopic (exact) mass is 456 g/mol. The molecular formula is C27H55NO2P+. The summed E-state index contributed by atoms with van der Waals surface area (Å²) in [5, 5.41) is -0.591. The molecule has 0 rings (SSSR count). The van der Waals surface area contributed by atoms with Crippen molar-refractivity contribution in [1.82, 2.24) is 0 Å². The molecule has 0 saturated heterocycles. The second-order valence-corrected chi connectivity index (χ2v) is 11.7. The zero-order chi connectivity index (χ0) is 23.4. The molecule has 31 heavy (non-hydrogen) atoms. The molecule has 0 aliphatic heterocycles. The fourth-order valence-electron chi connectivity index (χ4n) is 4.63. The van der Waals surface area contributed by atoms with E-state index in [4.69, 9.17) is 0 Å². The van der Waals surface area contributed by atoms with Crippen LogP contribution in [-0.2, 0) is 9.13 Å². The molecule has 0 N–H and O–H groups in total. The van der Waals surface area contributed by atoms with Crippen molar-refractivity contribution in [2.75, 3.05) is 21.1 Å². The quantitative estimate of drug-likeness (QED) is 0.0703. The van der Waals surface area contributed by atoms with Gasteiger partial charge < -0.3 is 4.48 Å². The average molecular weight is 457 g/mol. The zero-order valence-electron chi connectivity index (χ0n) is 21.8. The maximum absolute atomic E-state index is 12.1. The molecule has 1 atom stereocenters. The zero-order valence-corrected chi connectivity index (χ0v) is 22.7. The Morgan fingerprint density at radius 2 is 1.00 bits per heavy atom. The summed E-state index contributed by atoms with van der Waals surface area (Å²) in [6.07, 6.45) is 28.2. The van der Waals surface area contributed by atoms with Gasteiger partial charge in [0.2, 0.25) is 5.28 Å². The van der Waals surface area contributed by atoms with Crippen LogP contribution >= 0.6 is 7.68 Å². The number of unbranched alkanes of at least 4 members (excludes halogenated alkanes) is 14. The summed E-state index contributed by atoms with van der Waals surface area (Å²) in [6.45, 7) is 4.37. The third kappa shape index (κ3) is 14.4. The van der Waals surface area contributed by atoms with Gasteiger partial charge in [-0.1, -0.05) is 96.6 Å². The topological polar surface area (TPSA) is 34.1 Å². The van der Waals surface area contributed by atoms with Crippen molar-refractivity contribution in [1.29, 1.82) is 0 Å². The van der Waals surface area contributed by atoms with Crippen LogP contribution in [0, 0.1) is 0 Å². The van der Waals surface area contributed by atoms with Crippen molar-refractivity contribution in [3.05, 3.63) is 12.2 Å². The summed E-state index contributed by atoms with van der Waals surface area (Å²) < 4.78 is 24.7. The van der Waals surface area contributed by atoms with Gasteiger partial charge in [0.1, 0.15) is 0 Å². The van der Waals surface area contributed by atoms with Crippen LogP contribution in [0.25, 0.3) is 0 Å². The highest BCUT2D eigenvalue weighted by atomic mass is 31.1. The molecule has 4 heteroatoms. The molecule has 1 unspecified atom stereocenters. The Bertz CT molecular complexity index is 500. The summed E-state index contributed by atoms with van der Waals surface area (Å²) >= 11 is 0. The first-order valence-corrected chi connectivity index (χ1v) is 14.6. The van der Waals surface area contributed by atoms with Gasteiger partial charge in [-0.05, 0) is 38.5 Å².